The van der Waals surface area contributed by atoms with E-state index in [1.807, 2.05) is 76.8 Å². The molecule has 0 unspecified atom stereocenters. The lowest BCUT2D eigenvalue weighted by Crippen LogP contribution is -2.62. The molecule has 54 heavy (non-hydrogen) atoms. The molecule has 13 nitrogen and oxygen atoms in total. The first kappa shape index (κ1) is 46.2. The quantitative estimate of drug-likeness (QED) is 0.196. The number of nitrogens with zero attached hydrogens (tertiary/aromatic N) is 4. The summed E-state index contributed by atoms with van der Waals surface area (Å²) in [6.45, 7) is 15.6. The molecule has 1 aromatic carbocycles. The van der Waals surface area contributed by atoms with E-state index < -0.39 is 59.9 Å². The average Bonchev–Trinajstić information content (AvgIpc) is 3.14. The molecule has 1 heterocycles. The molecule has 0 radical (unpaired) electrons. The Bertz CT molecular complexity index is 1400. The Morgan fingerprint density at radius 1 is 0.704 bits per heavy atom. The monoisotopic (exact) mass is 757 g/mol. The number of benzene rings is 1. The smallest absolute Gasteiger partial charge is 0.248 e. The number of nitrogens with one attached hydrogen (secondary N) is 2. The summed E-state index contributed by atoms with van der Waals surface area (Å²) in [6.07, 6.45) is 2.96. The lowest BCUT2D eigenvalue weighted by atomic mass is 9.95. The van der Waals surface area contributed by atoms with Gasteiger partial charge in [-0.25, -0.2) is 0 Å². The van der Waals surface area contributed by atoms with Crippen LogP contribution in [-0.2, 0) is 35.2 Å². The van der Waals surface area contributed by atoms with E-state index in [9.17, 15) is 33.9 Å². The van der Waals surface area contributed by atoms with Gasteiger partial charge in [0.2, 0.25) is 35.4 Å². The van der Waals surface area contributed by atoms with Crippen LogP contribution in [0.15, 0.2) is 30.3 Å². The van der Waals surface area contributed by atoms with Crippen LogP contribution in [-0.4, -0.2) is 131 Å². The van der Waals surface area contributed by atoms with Gasteiger partial charge in [0.15, 0.2) is 0 Å². The van der Waals surface area contributed by atoms with Gasteiger partial charge in [-0.1, -0.05) is 78.3 Å². The summed E-state index contributed by atoms with van der Waals surface area (Å²) in [6, 6.07) is 4.17. The zero-order valence-electron chi connectivity index (χ0n) is 34.6. The second-order valence-electron chi connectivity index (χ2n) is 16.0. The van der Waals surface area contributed by atoms with E-state index in [-0.39, 0.29) is 48.8 Å². The Kier molecular flexibility index (Phi) is 18.6. The molecule has 13 heteroatoms. The predicted molar refractivity (Wildman–Crippen MR) is 210 cm³/mol. The fourth-order valence-corrected chi connectivity index (χ4v) is 6.87. The zero-order valence-corrected chi connectivity index (χ0v) is 34.6. The fourth-order valence-electron chi connectivity index (χ4n) is 6.87. The van der Waals surface area contributed by atoms with Crippen LogP contribution in [0.1, 0.15) is 99.5 Å². The van der Waals surface area contributed by atoms with Crippen molar-refractivity contribution in [3.63, 3.8) is 0 Å². The molecule has 1 saturated heterocycles. The molecule has 2 rings (SSSR count). The van der Waals surface area contributed by atoms with Crippen LogP contribution in [0, 0.1) is 17.8 Å². The minimum atomic E-state index is -1.44. The average molecular weight is 757 g/mol. The summed E-state index contributed by atoms with van der Waals surface area (Å²) in [5.41, 5.74) is 0.844. The summed E-state index contributed by atoms with van der Waals surface area (Å²) in [4.78, 5) is 88.4. The standard InChI is InChI=1S/C41H68N6O7/c1-12-28(6)35(41(54)47-21-17-14-18-22-47)42-37(50)33(24-27(4)5)46(11)40(53)36(29(7)48)43-38(51)32(23-26(2)3)45(10)39(52)34(44(9)30(8)49)25-31-19-15-13-16-20-31/h13,15-16,19-20,26-29,32-36,48H,12,14,17-18,21-25H2,1-11H3,(H,42,50)(H,43,51)/t28-,29+,32-,33-,34-,35-,36-/m0/s1. The van der Waals surface area contributed by atoms with Crippen LogP contribution in [0.4, 0.5) is 0 Å². The Labute approximate surface area is 323 Å². The third-order valence-electron chi connectivity index (χ3n) is 10.6. The SMILES string of the molecule is CC[C@H](C)[C@H](NC(=O)[C@H](CC(C)C)N(C)C(=O)[C@@H](NC(=O)[C@H](CC(C)C)N(C)C(=O)[C@H](Cc1ccccc1)N(C)C(C)=O)[C@@H](C)O)C(=O)N1CCCCC1. The molecule has 1 aliphatic heterocycles. The molecule has 7 atom stereocenters. The summed E-state index contributed by atoms with van der Waals surface area (Å²) in [5, 5.41) is 16.6. The van der Waals surface area contributed by atoms with Crippen molar-refractivity contribution in [1.29, 1.82) is 0 Å². The highest BCUT2D eigenvalue weighted by Gasteiger charge is 2.40. The van der Waals surface area contributed by atoms with Crippen LogP contribution >= 0.6 is 0 Å². The van der Waals surface area contributed by atoms with E-state index in [0.29, 0.717) is 19.5 Å². The Balaban J connectivity index is 2.38. The molecule has 0 aliphatic carbocycles. The van der Waals surface area contributed by atoms with Gasteiger partial charge in [0, 0.05) is 47.6 Å². The highest BCUT2D eigenvalue weighted by Crippen LogP contribution is 2.20. The van der Waals surface area contributed by atoms with E-state index in [1.165, 1.54) is 42.6 Å². The number of aliphatic hydroxyl groups excluding tert-OH is 1. The van der Waals surface area contributed by atoms with Gasteiger partial charge < -0.3 is 35.3 Å². The molecule has 0 saturated carbocycles. The summed E-state index contributed by atoms with van der Waals surface area (Å²) < 4.78 is 0. The fraction of sp³-hybridized carbons (Fsp3) is 0.707. The first-order chi connectivity index (χ1) is 25.3. The third-order valence-corrected chi connectivity index (χ3v) is 10.6. The van der Waals surface area contributed by atoms with Crippen LogP contribution in [0.5, 0.6) is 0 Å². The van der Waals surface area contributed by atoms with Crippen molar-refractivity contribution in [3.05, 3.63) is 35.9 Å². The Morgan fingerprint density at radius 3 is 1.63 bits per heavy atom. The van der Waals surface area contributed by atoms with E-state index in [2.05, 4.69) is 10.6 Å². The molecular formula is C41H68N6O7. The van der Waals surface area contributed by atoms with Gasteiger partial charge in [-0.05, 0) is 62.3 Å². The number of likely N-dealkylation sites (N-methyl/N-ethyl adjacent to an activating group) is 3. The van der Waals surface area contributed by atoms with Crippen molar-refractivity contribution in [1.82, 2.24) is 30.2 Å². The number of piperidine rings is 1. The number of carbonyl (C=O) groups is 6. The topological polar surface area (TPSA) is 160 Å². The summed E-state index contributed by atoms with van der Waals surface area (Å²) >= 11 is 0. The first-order valence-electron chi connectivity index (χ1n) is 19.7. The van der Waals surface area contributed by atoms with Gasteiger partial charge in [0.25, 0.3) is 0 Å². The molecule has 1 aromatic rings. The molecular weight excluding hydrogens is 688 g/mol. The maximum Gasteiger partial charge on any atom is 0.248 e. The maximum absolute atomic E-state index is 14.2. The van der Waals surface area contributed by atoms with Gasteiger partial charge in [-0.2, -0.15) is 0 Å². The first-order valence-corrected chi connectivity index (χ1v) is 19.7. The van der Waals surface area contributed by atoms with Crippen LogP contribution < -0.4 is 10.6 Å². The molecule has 0 aromatic heterocycles. The van der Waals surface area contributed by atoms with Crippen molar-refractivity contribution in [2.24, 2.45) is 17.8 Å². The Morgan fingerprint density at radius 2 is 1.19 bits per heavy atom. The van der Waals surface area contributed by atoms with Gasteiger partial charge in [-0.15, -0.1) is 0 Å². The second-order valence-corrected chi connectivity index (χ2v) is 16.0. The minimum absolute atomic E-state index is 0.0116. The lowest BCUT2D eigenvalue weighted by molar-refractivity contribution is -0.149. The number of aliphatic hydroxyl groups is 1. The van der Waals surface area contributed by atoms with Crippen molar-refractivity contribution in [2.75, 3.05) is 34.2 Å². The van der Waals surface area contributed by atoms with E-state index in [1.54, 1.807) is 7.05 Å². The molecule has 0 spiro atoms. The highest BCUT2D eigenvalue weighted by atomic mass is 16.3. The van der Waals surface area contributed by atoms with Crippen molar-refractivity contribution in [2.45, 2.75) is 137 Å². The predicted octanol–water partition coefficient (Wildman–Crippen LogP) is 3.23. The number of likely N-dealkylation sites (tertiary alicyclic amines) is 1. The third kappa shape index (κ3) is 13.1. The van der Waals surface area contributed by atoms with Crippen molar-refractivity contribution < 1.29 is 33.9 Å². The number of hydrogen-bond donors (Lipinski definition) is 3. The van der Waals surface area contributed by atoms with Gasteiger partial charge in [0.05, 0.1) is 6.10 Å². The summed E-state index contributed by atoms with van der Waals surface area (Å²) in [7, 11) is 4.53. The molecule has 1 fully saturated rings. The number of carbonyl (C=O) groups excluding carboxylic acids is 6. The largest absolute Gasteiger partial charge is 0.391 e. The number of hydrogen-bond acceptors (Lipinski definition) is 7. The second kappa shape index (κ2) is 21.8. The van der Waals surface area contributed by atoms with Crippen molar-refractivity contribution in [3.8, 4) is 0 Å². The molecule has 0 bridgehead atoms. The number of amides is 6. The molecule has 3 N–H and O–H groups in total. The minimum Gasteiger partial charge on any atom is -0.391 e. The maximum atomic E-state index is 14.2. The molecule has 1 aliphatic rings. The van der Waals surface area contributed by atoms with E-state index in [4.69, 9.17) is 0 Å². The van der Waals surface area contributed by atoms with Crippen molar-refractivity contribution >= 4 is 35.4 Å². The van der Waals surface area contributed by atoms with Crippen LogP contribution in [0.25, 0.3) is 0 Å². The van der Waals surface area contributed by atoms with E-state index >= 15 is 0 Å². The molecule has 304 valence electrons. The number of rotatable bonds is 19. The normalized spacial score (nSPS) is 17.0. The van der Waals surface area contributed by atoms with Crippen LogP contribution in [0.2, 0.25) is 0 Å². The van der Waals surface area contributed by atoms with Gasteiger partial charge in [-0.3, -0.25) is 28.8 Å². The zero-order chi connectivity index (χ0) is 40.9. The lowest BCUT2D eigenvalue weighted by Gasteiger charge is -2.37. The summed E-state index contributed by atoms with van der Waals surface area (Å²) in [5.74, 6) is -2.89. The Hall–Kier alpha value is -4.00. The van der Waals surface area contributed by atoms with Gasteiger partial charge in [0.1, 0.15) is 30.2 Å². The van der Waals surface area contributed by atoms with Gasteiger partial charge >= 0.3 is 0 Å². The highest BCUT2D eigenvalue weighted by molar-refractivity contribution is 5.96. The molecule has 6 amide bonds. The van der Waals surface area contributed by atoms with E-state index in [0.717, 1.165) is 24.8 Å². The van der Waals surface area contributed by atoms with Crippen LogP contribution in [0.3, 0.4) is 0 Å².